The number of rotatable bonds is 5. The molecule has 0 aromatic rings. The molecule has 0 saturated heterocycles. The van der Waals surface area contributed by atoms with Crippen molar-refractivity contribution >= 4 is 5.91 Å². The SMILES string of the molecule is CC1CCCCC1OCC(=O)NC1CCCC1(C)CO. The van der Waals surface area contributed by atoms with E-state index in [9.17, 15) is 9.90 Å². The molecule has 4 nitrogen and oxygen atoms in total. The topological polar surface area (TPSA) is 58.6 Å². The molecule has 4 atom stereocenters. The van der Waals surface area contributed by atoms with Gasteiger partial charge in [-0.2, -0.15) is 0 Å². The Kier molecular flexibility index (Phi) is 5.44. The maximum Gasteiger partial charge on any atom is 0.246 e. The molecule has 0 heterocycles. The Labute approximate surface area is 122 Å². The van der Waals surface area contributed by atoms with Crippen molar-refractivity contribution in [1.29, 1.82) is 0 Å². The van der Waals surface area contributed by atoms with Gasteiger partial charge in [-0.3, -0.25) is 4.79 Å². The average molecular weight is 283 g/mol. The van der Waals surface area contributed by atoms with Gasteiger partial charge in [-0.25, -0.2) is 0 Å². The van der Waals surface area contributed by atoms with E-state index < -0.39 is 0 Å². The number of carbonyl (C=O) groups excluding carboxylic acids is 1. The third kappa shape index (κ3) is 3.73. The minimum absolute atomic E-state index is 0.0330. The van der Waals surface area contributed by atoms with Crippen LogP contribution in [0.25, 0.3) is 0 Å². The monoisotopic (exact) mass is 283 g/mol. The first-order valence-corrected chi connectivity index (χ1v) is 8.07. The third-order valence-electron chi connectivity index (χ3n) is 5.24. The highest BCUT2D eigenvalue weighted by Gasteiger charge is 2.39. The molecule has 20 heavy (non-hydrogen) atoms. The number of aliphatic hydroxyl groups excluding tert-OH is 1. The second kappa shape index (κ2) is 6.90. The predicted octanol–water partition coefficient (Wildman–Crippen LogP) is 2.25. The van der Waals surface area contributed by atoms with Gasteiger partial charge in [0.15, 0.2) is 0 Å². The van der Waals surface area contributed by atoms with Gasteiger partial charge in [-0.05, 0) is 31.6 Å². The van der Waals surface area contributed by atoms with Gasteiger partial charge in [0.2, 0.25) is 5.91 Å². The molecule has 1 amide bonds. The van der Waals surface area contributed by atoms with Gasteiger partial charge < -0.3 is 15.2 Å². The minimum atomic E-state index is -0.159. The fourth-order valence-electron chi connectivity index (χ4n) is 3.62. The van der Waals surface area contributed by atoms with Crippen LogP contribution in [0.5, 0.6) is 0 Å². The van der Waals surface area contributed by atoms with Crippen molar-refractivity contribution in [2.45, 2.75) is 70.9 Å². The smallest absolute Gasteiger partial charge is 0.246 e. The van der Waals surface area contributed by atoms with E-state index in [4.69, 9.17) is 4.74 Å². The van der Waals surface area contributed by atoms with Crippen molar-refractivity contribution in [3.05, 3.63) is 0 Å². The second-order valence-corrected chi connectivity index (χ2v) is 6.94. The number of hydrogen-bond donors (Lipinski definition) is 2. The van der Waals surface area contributed by atoms with Gasteiger partial charge in [0, 0.05) is 11.5 Å². The lowest BCUT2D eigenvalue weighted by atomic mass is 9.86. The van der Waals surface area contributed by atoms with Crippen molar-refractivity contribution in [1.82, 2.24) is 5.32 Å². The van der Waals surface area contributed by atoms with Gasteiger partial charge in [-0.1, -0.05) is 33.1 Å². The number of hydrogen-bond acceptors (Lipinski definition) is 3. The zero-order chi connectivity index (χ0) is 14.6. The minimum Gasteiger partial charge on any atom is -0.396 e. The number of amides is 1. The summed E-state index contributed by atoms with van der Waals surface area (Å²) in [6, 6.07) is 0.0902. The average Bonchev–Trinajstić information content (AvgIpc) is 2.80. The molecule has 4 unspecified atom stereocenters. The van der Waals surface area contributed by atoms with Gasteiger partial charge in [0.1, 0.15) is 6.61 Å². The largest absolute Gasteiger partial charge is 0.396 e. The Morgan fingerprint density at radius 3 is 2.75 bits per heavy atom. The molecule has 4 heteroatoms. The van der Waals surface area contributed by atoms with Crippen LogP contribution >= 0.6 is 0 Å². The van der Waals surface area contributed by atoms with Crippen molar-refractivity contribution in [2.24, 2.45) is 11.3 Å². The number of carbonyl (C=O) groups is 1. The summed E-state index contributed by atoms with van der Waals surface area (Å²) in [6.45, 7) is 4.56. The Hall–Kier alpha value is -0.610. The first kappa shape index (κ1) is 15.8. The summed E-state index contributed by atoms with van der Waals surface area (Å²) in [5.74, 6) is 0.528. The molecule has 0 radical (unpaired) electrons. The van der Waals surface area contributed by atoms with E-state index in [2.05, 4.69) is 19.2 Å². The van der Waals surface area contributed by atoms with Crippen LogP contribution in [-0.2, 0) is 9.53 Å². The molecule has 2 N–H and O–H groups in total. The Bertz CT molecular complexity index is 334. The fourth-order valence-corrected chi connectivity index (χ4v) is 3.62. The zero-order valence-corrected chi connectivity index (χ0v) is 12.9. The van der Waals surface area contributed by atoms with Crippen LogP contribution in [-0.4, -0.2) is 36.4 Å². The molecule has 0 aromatic carbocycles. The maximum absolute atomic E-state index is 12.0. The highest BCUT2D eigenvalue weighted by atomic mass is 16.5. The Morgan fingerprint density at radius 2 is 2.05 bits per heavy atom. The second-order valence-electron chi connectivity index (χ2n) is 6.94. The van der Waals surface area contributed by atoms with Crippen LogP contribution in [0.4, 0.5) is 0 Å². The molecule has 0 aromatic heterocycles. The van der Waals surface area contributed by atoms with E-state index in [1.165, 1.54) is 19.3 Å². The standard InChI is InChI=1S/C16H29NO3/c1-12-6-3-4-7-13(12)20-10-15(19)17-14-8-5-9-16(14,2)11-18/h12-14,18H,3-11H2,1-2H3,(H,17,19). The maximum atomic E-state index is 12.0. The summed E-state index contributed by atoms with van der Waals surface area (Å²) in [5.41, 5.74) is -0.159. The first-order valence-electron chi connectivity index (χ1n) is 8.07. The van der Waals surface area contributed by atoms with Gasteiger partial charge in [0.05, 0.1) is 12.7 Å². The number of aliphatic hydroxyl groups is 1. The lowest BCUT2D eigenvalue weighted by Gasteiger charge is -2.31. The fraction of sp³-hybridized carbons (Fsp3) is 0.938. The molecule has 0 aliphatic heterocycles. The van der Waals surface area contributed by atoms with Crippen molar-refractivity contribution in [3.8, 4) is 0 Å². The molecule has 2 aliphatic rings. The quantitative estimate of drug-likeness (QED) is 0.813. The summed E-state index contributed by atoms with van der Waals surface area (Å²) >= 11 is 0. The predicted molar refractivity (Wildman–Crippen MR) is 78.3 cm³/mol. The molecule has 2 rings (SSSR count). The van der Waals surface area contributed by atoms with Crippen LogP contribution in [0.2, 0.25) is 0 Å². The summed E-state index contributed by atoms with van der Waals surface area (Å²) in [5, 5.41) is 12.5. The van der Waals surface area contributed by atoms with Crippen molar-refractivity contribution < 1.29 is 14.6 Å². The van der Waals surface area contributed by atoms with Crippen molar-refractivity contribution in [2.75, 3.05) is 13.2 Å². The highest BCUT2D eigenvalue weighted by Crippen LogP contribution is 2.37. The molecule has 2 fully saturated rings. The van der Waals surface area contributed by atoms with E-state index in [-0.39, 0.29) is 36.7 Å². The van der Waals surface area contributed by atoms with Gasteiger partial charge >= 0.3 is 0 Å². The van der Waals surface area contributed by atoms with Crippen LogP contribution in [0, 0.1) is 11.3 Å². The van der Waals surface area contributed by atoms with Crippen LogP contribution in [0.15, 0.2) is 0 Å². The van der Waals surface area contributed by atoms with Crippen LogP contribution in [0.1, 0.15) is 58.8 Å². The summed E-state index contributed by atoms with van der Waals surface area (Å²) < 4.78 is 5.79. The lowest BCUT2D eigenvalue weighted by Crippen LogP contribution is -2.46. The summed E-state index contributed by atoms with van der Waals surface area (Å²) in [6.07, 6.45) is 8.03. The normalized spacial score (nSPS) is 37.9. The number of nitrogens with one attached hydrogen (secondary N) is 1. The molecule has 116 valence electrons. The molecule has 0 spiro atoms. The zero-order valence-electron chi connectivity index (χ0n) is 12.9. The van der Waals surface area contributed by atoms with Crippen LogP contribution in [0.3, 0.4) is 0 Å². The van der Waals surface area contributed by atoms with Gasteiger partial charge in [-0.15, -0.1) is 0 Å². The first-order chi connectivity index (χ1) is 9.55. The van der Waals surface area contributed by atoms with E-state index in [1.54, 1.807) is 0 Å². The van der Waals surface area contributed by atoms with Crippen molar-refractivity contribution in [3.63, 3.8) is 0 Å². The van der Waals surface area contributed by atoms with E-state index >= 15 is 0 Å². The molecule has 2 saturated carbocycles. The van der Waals surface area contributed by atoms with E-state index in [0.29, 0.717) is 5.92 Å². The van der Waals surface area contributed by atoms with Gasteiger partial charge in [0.25, 0.3) is 0 Å². The number of ether oxygens (including phenoxy) is 1. The van der Waals surface area contributed by atoms with E-state index in [1.807, 2.05) is 0 Å². The molecular weight excluding hydrogens is 254 g/mol. The summed E-state index contributed by atoms with van der Waals surface area (Å²) in [7, 11) is 0. The molecule has 2 aliphatic carbocycles. The lowest BCUT2D eigenvalue weighted by molar-refractivity contribution is -0.131. The Morgan fingerprint density at radius 1 is 1.30 bits per heavy atom. The molecular formula is C16H29NO3. The third-order valence-corrected chi connectivity index (χ3v) is 5.24. The summed E-state index contributed by atoms with van der Waals surface area (Å²) in [4.78, 5) is 12.0. The Balaban J connectivity index is 1.75. The molecule has 0 bridgehead atoms. The van der Waals surface area contributed by atoms with E-state index in [0.717, 1.165) is 25.7 Å². The highest BCUT2D eigenvalue weighted by molar-refractivity contribution is 5.77. The van der Waals surface area contributed by atoms with Crippen LogP contribution < -0.4 is 5.32 Å².